The van der Waals surface area contributed by atoms with E-state index in [0.29, 0.717) is 5.56 Å². The molecule has 0 aliphatic heterocycles. The van der Waals surface area contributed by atoms with Gasteiger partial charge in [-0.1, -0.05) is 42.0 Å². The van der Waals surface area contributed by atoms with Crippen LogP contribution in [0, 0.1) is 30.0 Å². The van der Waals surface area contributed by atoms with E-state index in [1.54, 1.807) is 12.1 Å². The molecule has 0 aliphatic rings. The molecule has 0 saturated heterocycles. The summed E-state index contributed by atoms with van der Waals surface area (Å²) in [6.45, 7) is 1.93. The number of nitrogens with zero attached hydrogens (tertiary/aromatic N) is 1. The summed E-state index contributed by atoms with van der Waals surface area (Å²) >= 11 is 0. The average molecular weight is 283 g/mol. The van der Waals surface area contributed by atoms with E-state index in [1.165, 1.54) is 24.3 Å². The zero-order chi connectivity index (χ0) is 15.4. The van der Waals surface area contributed by atoms with E-state index in [1.807, 2.05) is 25.1 Å². The van der Waals surface area contributed by atoms with Crippen molar-refractivity contribution in [2.75, 3.05) is 0 Å². The van der Waals surface area contributed by atoms with Gasteiger partial charge in [0.15, 0.2) is 5.92 Å². The van der Waals surface area contributed by atoms with Crippen molar-refractivity contribution in [1.82, 2.24) is 0 Å². The van der Waals surface area contributed by atoms with Crippen molar-refractivity contribution in [2.24, 2.45) is 5.92 Å². The van der Waals surface area contributed by atoms with E-state index >= 15 is 0 Å². The minimum absolute atomic E-state index is 0.398. The predicted molar refractivity (Wildman–Crippen MR) is 76.2 cm³/mol. The summed E-state index contributed by atoms with van der Waals surface area (Å²) < 4.78 is 13.1. The molecule has 0 saturated carbocycles. The van der Waals surface area contributed by atoms with Crippen molar-refractivity contribution < 1.29 is 14.3 Å². The Morgan fingerprint density at radius 1 is 1.10 bits per heavy atom. The molecule has 2 atom stereocenters. The molecule has 0 radical (unpaired) electrons. The Hall–Kier alpha value is -2.67. The molecular formula is C17H14FNO2. The predicted octanol–water partition coefficient (Wildman–Crippen LogP) is 3.49. The maximum Gasteiger partial charge on any atom is 0.321 e. The highest BCUT2D eigenvalue weighted by Gasteiger charge is 2.30. The van der Waals surface area contributed by atoms with Gasteiger partial charge in [-0.25, -0.2) is 4.39 Å². The summed E-state index contributed by atoms with van der Waals surface area (Å²) in [6, 6.07) is 14.7. The largest absolute Gasteiger partial charge is 0.480 e. The van der Waals surface area contributed by atoms with Crippen molar-refractivity contribution in [1.29, 1.82) is 5.26 Å². The Morgan fingerprint density at radius 3 is 2.00 bits per heavy atom. The molecule has 0 aromatic heterocycles. The number of carboxylic acid groups (broad SMARTS) is 1. The van der Waals surface area contributed by atoms with Gasteiger partial charge >= 0.3 is 5.97 Å². The van der Waals surface area contributed by atoms with Crippen LogP contribution in [0.5, 0.6) is 0 Å². The van der Waals surface area contributed by atoms with Gasteiger partial charge in [0, 0.05) is 5.92 Å². The Balaban J connectivity index is 2.53. The van der Waals surface area contributed by atoms with Gasteiger partial charge in [0.05, 0.1) is 6.07 Å². The van der Waals surface area contributed by atoms with E-state index in [0.717, 1.165) is 11.1 Å². The minimum Gasteiger partial charge on any atom is -0.480 e. The number of hydrogen-bond donors (Lipinski definition) is 1. The number of aliphatic carboxylic acids is 1. The van der Waals surface area contributed by atoms with E-state index in [-0.39, 0.29) is 0 Å². The summed E-state index contributed by atoms with van der Waals surface area (Å²) in [5.41, 5.74) is 2.37. The fraction of sp³-hybridized carbons (Fsp3) is 0.176. The normalized spacial score (nSPS) is 13.2. The molecule has 106 valence electrons. The third-order valence-corrected chi connectivity index (χ3v) is 3.40. The monoisotopic (exact) mass is 283 g/mol. The fourth-order valence-electron chi connectivity index (χ4n) is 2.29. The first-order valence-corrected chi connectivity index (χ1v) is 6.47. The molecule has 21 heavy (non-hydrogen) atoms. The molecule has 4 heteroatoms. The number of carboxylic acids is 1. The smallest absolute Gasteiger partial charge is 0.321 e. The van der Waals surface area contributed by atoms with Crippen molar-refractivity contribution in [3.05, 3.63) is 71.0 Å². The highest BCUT2D eigenvalue weighted by molar-refractivity contribution is 5.75. The van der Waals surface area contributed by atoms with Crippen LogP contribution in [0.15, 0.2) is 48.5 Å². The van der Waals surface area contributed by atoms with Gasteiger partial charge in [0.2, 0.25) is 0 Å². The van der Waals surface area contributed by atoms with E-state index < -0.39 is 23.6 Å². The second-order valence-electron chi connectivity index (χ2n) is 4.88. The maximum atomic E-state index is 13.1. The quantitative estimate of drug-likeness (QED) is 0.934. The summed E-state index contributed by atoms with van der Waals surface area (Å²) in [7, 11) is 0. The van der Waals surface area contributed by atoms with Gasteiger partial charge in [0.1, 0.15) is 5.82 Å². The fourth-order valence-corrected chi connectivity index (χ4v) is 2.29. The standard InChI is InChI=1S/C17H14FNO2/c1-11-2-4-12(5-3-11)16(15(10-19)17(20)21)13-6-8-14(18)9-7-13/h2-9,15-16H,1H3,(H,20,21). The Labute approximate surface area is 122 Å². The Kier molecular flexibility index (Phi) is 4.34. The van der Waals surface area contributed by atoms with Gasteiger partial charge in [0.25, 0.3) is 0 Å². The molecule has 2 rings (SSSR count). The van der Waals surface area contributed by atoms with Crippen molar-refractivity contribution in [3.63, 3.8) is 0 Å². The Bertz CT molecular complexity index is 626. The molecule has 0 fully saturated rings. The van der Waals surface area contributed by atoms with Gasteiger partial charge < -0.3 is 5.11 Å². The zero-order valence-corrected chi connectivity index (χ0v) is 11.5. The molecule has 1 N–H and O–H groups in total. The van der Waals surface area contributed by atoms with Gasteiger partial charge in [-0.3, -0.25) is 4.79 Å². The molecule has 2 aromatic carbocycles. The minimum atomic E-state index is -1.22. The lowest BCUT2D eigenvalue weighted by molar-refractivity contribution is -0.140. The maximum absolute atomic E-state index is 13.1. The topological polar surface area (TPSA) is 61.1 Å². The van der Waals surface area contributed by atoms with Crippen LogP contribution in [0.2, 0.25) is 0 Å². The van der Waals surface area contributed by atoms with Gasteiger partial charge in [-0.05, 0) is 30.2 Å². The number of carbonyl (C=O) groups is 1. The highest BCUT2D eigenvalue weighted by Crippen LogP contribution is 2.32. The summed E-state index contributed by atoms with van der Waals surface area (Å²) in [6.07, 6.45) is 0. The summed E-state index contributed by atoms with van der Waals surface area (Å²) in [4.78, 5) is 11.4. The first-order chi connectivity index (χ1) is 10.0. The molecule has 0 spiro atoms. The van der Waals surface area contributed by atoms with Crippen LogP contribution in [0.1, 0.15) is 22.6 Å². The molecule has 2 aromatic rings. The molecule has 0 aliphatic carbocycles. The number of aryl methyl sites for hydroxylation is 1. The number of hydrogen-bond acceptors (Lipinski definition) is 2. The number of halogens is 1. The van der Waals surface area contributed by atoms with Crippen molar-refractivity contribution in [3.8, 4) is 6.07 Å². The second kappa shape index (κ2) is 6.19. The SMILES string of the molecule is Cc1ccc(C(c2ccc(F)cc2)C(C#N)C(=O)O)cc1. The van der Waals surface area contributed by atoms with Crippen LogP contribution in [0.4, 0.5) is 4.39 Å². The zero-order valence-electron chi connectivity index (χ0n) is 11.5. The lowest BCUT2D eigenvalue weighted by Crippen LogP contribution is -2.21. The van der Waals surface area contributed by atoms with Crippen molar-refractivity contribution in [2.45, 2.75) is 12.8 Å². The van der Waals surface area contributed by atoms with Crippen molar-refractivity contribution >= 4 is 5.97 Å². The third-order valence-electron chi connectivity index (χ3n) is 3.40. The summed E-state index contributed by atoms with van der Waals surface area (Å²) in [5, 5.41) is 18.5. The number of nitriles is 1. The number of rotatable bonds is 4. The summed E-state index contributed by atoms with van der Waals surface area (Å²) in [5.74, 6) is -3.44. The van der Waals surface area contributed by atoms with Gasteiger partial charge in [-0.2, -0.15) is 5.26 Å². The first kappa shape index (κ1) is 14.7. The Morgan fingerprint density at radius 2 is 1.57 bits per heavy atom. The van der Waals surface area contributed by atoms with E-state index in [4.69, 9.17) is 0 Å². The van der Waals surface area contributed by atoms with Gasteiger partial charge in [-0.15, -0.1) is 0 Å². The lowest BCUT2D eigenvalue weighted by atomic mass is 9.81. The molecule has 2 unspecified atom stereocenters. The molecule has 3 nitrogen and oxygen atoms in total. The van der Waals surface area contributed by atoms with Crippen LogP contribution < -0.4 is 0 Å². The number of benzene rings is 2. The average Bonchev–Trinajstić information content (AvgIpc) is 2.46. The van der Waals surface area contributed by atoms with Crippen LogP contribution in [-0.4, -0.2) is 11.1 Å². The van der Waals surface area contributed by atoms with E-state index in [9.17, 15) is 19.6 Å². The molecular weight excluding hydrogens is 269 g/mol. The molecule has 0 heterocycles. The van der Waals surface area contributed by atoms with Crippen LogP contribution >= 0.6 is 0 Å². The highest BCUT2D eigenvalue weighted by atomic mass is 19.1. The van der Waals surface area contributed by atoms with E-state index in [2.05, 4.69) is 0 Å². The lowest BCUT2D eigenvalue weighted by Gasteiger charge is -2.20. The van der Waals surface area contributed by atoms with Crippen LogP contribution in [0.3, 0.4) is 0 Å². The van der Waals surface area contributed by atoms with Crippen LogP contribution in [0.25, 0.3) is 0 Å². The first-order valence-electron chi connectivity index (χ1n) is 6.47. The van der Waals surface area contributed by atoms with Crippen LogP contribution in [-0.2, 0) is 4.79 Å². The molecule has 0 amide bonds. The molecule has 0 bridgehead atoms. The second-order valence-corrected chi connectivity index (χ2v) is 4.88. The third kappa shape index (κ3) is 3.26.